The summed E-state index contributed by atoms with van der Waals surface area (Å²) in [6.45, 7) is 9.07. The molecule has 2 heterocycles. The number of halogens is 1. The summed E-state index contributed by atoms with van der Waals surface area (Å²) in [5, 5.41) is 11.6. The summed E-state index contributed by atoms with van der Waals surface area (Å²) in [7, 11) is 2.19. The molecule has 1 fully saturated rings. The first-order chi connectivity index (χ1) is 9.12. The van der Waals surface area contributed by atoms with Gasteiger partial charge in [0.1, 0.15) is 0 Å². The summed E-state index contributed by atoms with van der Waals surface area (Å²) < 4.78 is 0. The van der Waals surface area contributed by atoms with Gasteiger partial charge in [0.2, 0.25) is 0 Å². The highest BCUT2D eigenvalue weighted by Gasteiger charge is 2.43. The standard InChI is InChI=1S/C14H24ClN5/c1-13(2)7-9(8-14(3,4)20(13)5)17-11-6-10(16)12(15)19-18-11/h6,9H,7-8H2,1-5H3,(H3,16,17,18). The van der Waals surface area contributed by atoms with Crippen LogP contribution in [0, 0.1) is 0 Å². The van der Waals surface area contributed by atoms with Crippen molar-refractivity contribution < 1.29 is 0 Å². The SMILES string of the molecule is CN1C(C)(C)CC(Nc2cc(N)c(Cl)nn2)CC1(C)C. The molecule has 0 spiro atoms. The lowest BCUT2D eigenvalue weighted by Gasteiger charge is -2.53. The highest BCUT2D eigenvalue weighted by molar-refractivity contribution is 6.31. The molecule has 1 aromatic rings. The van der Waals surface area contributed by atoms with Crippen molar-refractivity contribution in [3.63, 3.8) is 0 Å². The van der Waals surface area contributed by atoms with E-state index >= 15 is 0 Å². The van der Waals surface area contributed by atoms with E-state index in [1.807, 2.05) is 0 Å². The van der Waals surface area contributed by atoms with Gasteiger partial charge in [-0.3, -0.25) is 4.90 Å². The van der Waals surface area contributed by atoms with Crippen LogP contribution in [0.25, 0.3) is 0 Å². The number of nitrogen functional groups attached to an aromatic ring is 1. The van der Waals surface area contributed by atoms with E-state index in [0.29, 0.717) is 17.5 Å². The normalized spacial score (nSPS) is 22.7. The lowest BCUT2D eigenvalue weighted by atomic mass is 9.77. The van der Waals surface area contributed by atoms with Crippen LogP contribution >= 0.6 is 11.6 Å². The van der Waals surface area contributed by atoms with Crippen molar-refractivity contribution in [3.8, 4) is 0 Å². The monoisotopic (exact) mass is 297 g/mol. The second-order valence-electron chi connectivity index (χ2n) is 6.91. The molecular formula is C14H24ClN5. The average Bonchev–Trinajstić information content (AvgIpc) is 2.30. The Hall–Kier alpha value is -1.07. The molecule has 0 amide bonds. The summed E-state index contributed by atoms with van der Waals surface area (Å²) >= 11 is 5.80. The second-order valence-corrected chi connectivity index (χ2v) is 7.27. The van der Waals surface area contributed by atoms with Gasteiger partial charge in [-0.05, 0) is 47.6 Å². The van der Waals surface area contributed by atoms with Crippen molar-refractivity contribution in [1.82, 2.24) is 15.1 Å². The van der Waals surface area contributed by atoms with Crippen LogP contribution in [0.2, 0.25) is 5.15 Å². The van der Waals surface area contributed by atoms with Crippen molar-refractivity contribution in [1.29, 1.82) is 0 Å². The van der Waals surface area contributed by atoms with Crippen molar-refractivity contribution >= 4 is 23.1 Å². The number of nitrogens with zero attached hydrogens (tertiary/aromatic N) is 3. The minimum absolute atomic E-state index is 0.130. The van der Waals surface area contributed by atoms with Crippen LogP contribution in [0.3, 0.4) is 0 Å². The van der Waals surface area contributed by atoms with Crippen molar-refractivity contribution in [2.75, 3.05) is 18.1 Å². The predicted octanol–water partition coefficient (Wildman–Crippen LogP) is 2.78. The topological polar surface area (TPSA) is 67.1 Å². The Morgan fingerprint density at radius 2 is 1.80 bits per heavy atom. The summed E-state index contributed by atoms with van der Waals surface area (Å²) in [5.74, 6) is 0.688. The van der Waals surface area contributed by atoms with E-state index in [2.05, 4.69) is 55.2 Å². The van der Waals surface area contributed by atoms with Gasteiger partial charge in [0.25, 0.3) is 0 Å². The molecule has 1 aliphatic heterocycles. The molecule has 0 aliphatic carbocycles. The van der Waals surface area contributed by atoms with Gasteiger partial charge in [0.15, 0.2) is 11.0 Å². The third-order valence-corrected chi connectivity index (χ3v) is 4.73. The number of piperidine rings is 1. The maximum Gasteiger partial charge on any atom is 0.174 e. The van der Waals surface area contributed by atoms with Crippen molar-refractivity contribution in [3.05, 3.63) is 11.2 Å². The van der Waals surface area contributed by atoms with Gasteiger partial charge in [0.05, 0.1) is 5.69 Å². The lowest BCUT2D eigenvalue weighted by Crippen LogP contribution is -2.61. The molecule has 0 atom stereocenters. The zero-order valence-corrected chi connectivity index (χ0v) is 13.6. The van der Waals surface area contributed by atoms with Crippen molar-refractivity contribution in [2.24, 2.45) is 0 Å². The first kappa shape index (κ1) is 15.3. The van der Waals surface area contributed by atoms with Crippen LogP contribution in [-0.4, -0.2) is 39.3 Å². The van der Waals surface area contributed by atoms with Crippen LogP contribution in [-0.2, 0) is 0 Å². The number of hydrogen-bond acceptors (Lipinski definition) is 5. The van der Waals surface area contributed by atoms with Crippen LogP contribution in [0.1, 0.15) is 40.5 Å². The molecule has 3 N–H and O–H groups in total. The van der Waals surface area contributed by atoms with Gasteiger partial charge in [-0.15, -0.1) is 10.2 Å². The van der Waals surface area contributed by atoms with Crippen LogP contribution < -0.4 is 11.1 Å². The van der Waals surface area contributed by atoms with Gasteiger partial charge in [0, 0.05) is 23.2 Å². The highest BCUT2D eigenvalue weighted by Crippen LogP contribution is 2.37. The number of nitrogens with one attached hydrogen (secondary N) is 1. The predicted molar refractivity (Wildman–Crippen MR) is 84.0 cm³/mol. The molecule has 0 aromatic carbocycles. The zero-order chi connectivity index (χ0) is 15.1. The van der Waals surface area contributed by atoms with E-state index in [4.69, 9.17) is 17.3 Å². The van der Waals surface area contributed by atoms with E-state index in [0.717, 1.165) is 12.8 Å². The number of likely N-dealkylation sites (tertiary alicyclic amines) is 1. The molecule has 0 saturated carbocycles. The fourth-order valence-electron chi connectivity index (χ4n) is 3.14. The third kappa shape index (κ3) is 2.99. The highest BCUT2D eigenvalue weighted by atomic mass is 35.5. The van der Waals surface area contributed by atoms with Gasteiger partial charge in [-0.25, -0.2) is 0 Å². The molecule has 112 valence electrons. The molecular weight excluding hydrogens is 274 g/mol. The summed E-state index contributed by atoms with van der Waals surface area (Å²) in [4.78, 5) is 2.44. The Bertz CT molecular complexity index is 482. The molecule has 5 nitrogen and oxygen atoms in total. The van der Waals surface area contributed by atoms with Crippen LogP contribution in [0.5, 0.6) is 0 Å². The Morgan fingerprint density at radius 3 is 2.30 bits per heavy atom. The van der Waals surface area contributed by atoms with Gasteiger partial charge < -0.3 is 11.1 Å². The number of nitrogens with two attached hydrogens (primary N) is 1. The summed E-state index contributed by atoms with van der Waals surface area (Å²) in [6.07, 6.45) is 2.08. The maximum atomic E-state index is 5.80. The minimum Gasteiger partial charge on any atom is -0.396 e. The van der Waals surface area contributed by atoms with Gasteiger partial charge in [-0.2, -0.15) is 0 Å². The quantitative estimate of drug-likeness (QED) is 0.878. The Balaban J connectivity index is 2.15. The largest absolute Gasteiger partial charge is 0.396 e. The van der Waals surface area contributed by atoms with Gasteiger partial charge >= 0.3 is 0 Å². The number of hydrogen-bond donors (Lipinski definition) is 2. The van der Waals surface area contributed by atoms with E-state index in [9.17, 15) is 0 Å². The Kier molecular flexibility index (Phi) is 3.86. The van der Waals surface area contributed by atoms with E-state index in [1.165, 1.54) is 0 Å². The second kappa shape index (κ2) is 5.04. The van der Waals surface area contributed by atoms with E-state index < -0.39 is 0 Å². The van der Waals surface area contributed by atoms with E-state index in [1.54, 1.807) is 6.07 Å². The third-order valence-electron chi connectivity index (χ3n) is 4.44. The zero-order valence-electron chi connectivity index (χ0n) is 12.9. The number of anilines is 2. The molecule has 0 radical (unpaired) electrons. The lowest BCUT2D eigenvalue weighted by molar-refractivity contribution is -0.00773. The Labute approximate surface area is 125 Å². The number of aromatic nitrogens is 2. The summed E-state index contributed by atoms with van der Waals surface area (Å²) in [5.41, 5.74) is 6.49. The van der Waals surface area contributed by atoms with Crippen LogP contribution in [0.4, 0.5) is 11.5 Å². The molecule has 1 aliphatic rings. The van der Waals surface area contributed by atoms with Gasteiger partial charge in [-0.1, -0.05) is 11.6 Å². The van der Waals surface area contributed by atoms with Crippen LogP contribution in [0.15, 0.2) is 6.07 Å². The average molecular weight is 298 g/mol. The molecule has 1 aromatic heterocycles. The molecule has 6 heteroatoms. The smallest absolute Gasteiger partial charge is 0.174 e. The maximum absolute atomic E-state index is 5.80. The molecule has 1 saturated heterocycles. The van der Waals surface area contributed by atoms with E-state index in [-0.39, 0.29) is 16.2 Å². The fraction of sp³-hybridized carbons (Fsp3) is 0.714. The number of rotatable bonds is 2. The first-order valence-electron chi connectivity index (χ1n) is 6.91. The molecule has 0 unspecified atom stereocenters. The molecule has 2 rings (SSSR count). The Morgan fingerprint density at radius 1 is 1.25 bits per heavy atom. The summed E-state index contributed by atoms with van der Waals surface area (Å²) in [6, 6.07) is 2.08. The van der Waals surface area contributed by atoms with Crippen molar-refractivity contribution in [2.45, 2.75) is 57.7 Å². The first-order valence-corrected chi connectivity index (χ1v) is 7.29. The fourth-order valence-corrected chi connectivity index (χ4v) is 3.24. The molecule has 20 heavy (non-hydrogen) atoms. The molecule has 0 bridgehead atoms. The minimum atomic E-state index is 0.130.